The highest BCUT2D eigenvalue weighted by Gasteiger charge is 2.25. The van der Waals surface area contributed by atoms with Crippen molar-refractivity contribution in [1.29, 1.82) is 0 Å². The van der Waals surface area contributed by atoms with Crippen LogP contribution in [0.3, 0.4) is 0 Å². The van der Waals surface area contributed by atoms with Crippen molar-refractivity contribution in [3.63, 3.8) is 0 Å². The van der Waals surface area contributed by atoms with Gasteiger partial charge in [-0.2, -0.15) is 0 Å². The first-order valence-corrected chi connectivity index (χ1v) is 9.26. The first-order chi connectivity index (χ1) is 12.6. The summed E-state index contributed by atoms with van der Waals surface area (Å²) < 4.78 is 7.51. The number of piperidine rings is 1. The van der Waals surface area contributed by atoms with Crippen LogP contribution in [0.4, 0.5) is 0 Å². The van der Waals surface area contributed by atoms with Gasteiger partial charge in [-0.25, -0.2) is 0 Å². The van der Waals surface area contributed by atoms with Crippen LogP contribution < -0.4 is 10.3 Å². The second-order valence-corrected chi connectivity index (χ2v) is 6.93. The van der Waals surface area contributed by atoms with Gasteiger partial charge >= 0.3 is 0 Å². The molecule has 0 radical (unpaired) electrons. The topological polar surface area (TPSA) is 51.5 Å². The van der Waals surface area contributed by atoms with Crippen molar-refractivity contribution < 1.29 is 9.53 Å². The summed E-state index contributed by atoms with van der Waals surface area (Å²) >= 11 is 0. The Morgan fingerprint density at radius 3 is 2.85 bits per heavy atom. The minimum Gasteiger partial charge on any atom is -0.493 e. The second kappa shape index (κ2) is 8.21. The Labute approximate surface area is 154 Å². The van der Waals surface area contributed by atoms with E-state index in [4.69, 9.17) is 4.74 Å². The van der Waals surface area contributed by atoms with E-state index in [9.17, 15) is 9.59 Å². The highest BCUT2D eigenvalue weighted by molar-refractivity contribution is 5.94. The number of hydrogen-bond acceptors (Lipinski definition) is 3. The molecule has 5 nitrogen and oxygen atoms in total. The van der Waals surface area contributed by atoms with Crippen LogP contribution in [-0.4, -0.2) is 35.1 Å². The van der Waals surface area contributed by atoms with Crippen molar-refractivity contribution in [2.45, 2.75) is 33.2 Å². The Bertz CT molecular complexity index is 828. The molecule has 1 aliphatic rings. The van der Waals surface area contributed by atoms with Crippen LogP contribution in [0.5, 0.6) is 5.75 Å². The molecule has 0 unspecified atom stereocenters. The second-order valence-electron chi connectivity index (χ2n) is 6.93. The molecule has 1 fully saturated rings. The molecule has 1 aromatic carbocycles. The van der Waals surface area contributed by atoms with Gasteiger partial charge in [-0.3, -0.25) is 9.59 Å². The first kappa shape index (κ1) is 18.2. The molecule has 0 aliphatic carbocycles. The molecule has 0 bridgehead atoms. The number of pyridine rings is 1. The molecule has 2 aromatic rings. The van der Waals surface area contributed by atoms with Crippen molar-refractivity contribution in [2.24, 2.45) is 5.92 Å². The van der Waals surface area contributed by atoms with Gasteiger partial charge in [0.2, 0.25) is 0 Å². The van der Waals surface area contributed by atoms with E-state index in [1.54, 1.807) is 16.8 Å². The van der Waals surface area contributed by atoms with Crippen molar-refractivity contribution in [2.75, 3.05) is 19.7 Å². The minimum absolute atomic E-state index is 0.0643. The fourth-order valence-electron chi connectivity index (χ4n) is 3.39. The summed E-state index contributed by atoms with van der Waals surface area (Å²) in [7, 11) is 0. The van der Waals surface area contributed by atoms with Crippen LogP contribution in [0.15, 0.2) is 47.4 Å². The number of amides is 1. The lowest BCUT2D eigenvalue weighted by atomic mass is 9.98. The van der Waals surface area contributed by atoms with Gasteiger partial charge in [0.05, 0.1) is 6.61 Å². The Morgan fingerprint density at radius 1 is 1.27 bits per heavy atom. The fraction of sp³-hybridized carbons (Fsp3) is 0.429. The molecule has 1 aromatic heterocycles. The van der Waals surface area contributed by atoms with Gasteiger partial charge in [0.1, 0.15) is 5.75 Å². The predicted molar refractivity (Wildman–Crippen MR) is 102 cm³/mol. The average molecular weight is 354 g/mol. The van der Waals surface area contributed by atoms with Gasteiger partial charge < -0.3 is 14.2 Å². The first-order valence-electron chi connectivity index (χ1n) is 9.26. The maximum atomic E-state index is 12.8. The molecule has 0 N–H and O–H groups in total. The molecule has 2 heterocycles. The Kier molecular flexibility index (Phi) is 5.76. The van der Waals surface area contributed by atoms with E-state index in [0.29, 0.717) is 31.2 Å². The van der Waals surface area contributed by atoms with E-state index in [1.165, 1.54) is 11.6 Å². The van der Waals surface area contributed by atoms with E-state index < -0.39 is 0 Å². The third-order valence-electron chi connectivity index (χ3n) is 4.87. The maximum Gasteiger partial charge on any atom is 0.254 e. The average Bonchev–Trinajstić information content (AvgIpc) is 2.66. The number of rotatable bonds is 5. The number of carbonyl (C=O) groups is 1. The number of hydrogen-bond donors (Lipinski definition) is 0. The quantitative estimate of drug-likeness (QED) is 0.829. The zero-order valence-corrected chi connectivity index (χ0v) is 15.5. The normalized spacial score (nSPS) is 17.2. The third kappa shape index (κ3) is 4.34. The van der Waals surface area contributed by atoms with Gasteiger partial charge in [-0.1, -0.05) is 12.1 Å². The highest BCUT2D eigenvalue weighted by Crippen LogP contribution is 2.20. The largest absolute Gasteiger partial charge is 0.493 e. The number of nitrogens with zero attached hydrogens (tertiary/aromatic N) is 2. The van der Waals surface area contributed by atoms with E-state index in [0.717, 1.165) is 25.1 Å². The van der Waals surface area contributed by atoms with Crippen LogP contribution >= 0.6 is 0 Å². The predicted octanol–water partition coefficient (Wildman–Crippen LogP) is 3.11. The Balaban J connectivity index is 1.61. The standard InChI is InChI=1S/C21H26N2O3/c1-3-22-11-9-18(13-20(22)24)21(25)23-10-5-7-17(14-23)15-26-19-8-4-6-16(2)12-19/h4,6,8-9,11-13,17H,3,5,7,10,14-15H2,1-2H3/t17-/m1/s1. The third-order valence-corrected chi connectivity index (χ3v) is 4.87. The van der Waals surface area contributed by atoms with Gasteiger partial charge in [0, 0.05) is 43.4 Å². The molecule has 0 saturated carbocycles. The summed E-state index contributed by atoms with van der Waals surface area (Å²) in [6.45, 7) is 6.56. The van der Waals surface area contributed by atoms with Crippen LogP contribution in [-0.2, 0) is 6.54 Å². The lowest BCUT2D eigenvalue weighted by molar-refractivity contribution is 0.0633. The molecule has 3 rings (SSSR count). The summed E-state index contributed by atoms with van der Waals surface area (Å²) in [5.41, 5.74) is 1.51. The molecule has 1 amide bonds. The highest BCUT2D eigenvalue weighted by atomic mass is 16.5. The number of aryl methyl sites for hydroxylation is 2. The van der Waals surface area contributed by atoms with Crippen LogP contribution in [0.25, 0.3) is 0 Å². The van der Waals surface area contributed by atoms with Crippen LogP contribution in [0.2, 0.25) is 0 Å². The summed E-state index contributed by atoms with van der Waals surface area (Å²) in [6.07, 6.45) is 3.70. The van der Waals surface area contributed by atoms with Gasteiger partial charge in [-0.15, -0.1) is 0 Å². The molecule has 1 saturated heterocycles. The van der Waals surface area contributed by atoms with E-state index in [-0.39, 0.29) is 11.5 Å². The molecule has 138 valence electrons. The summed E-state index contributed by atoms with van der Waals surface area (Å²) in [5, 5.41) is 0. The SMILES string of the molecule is CCn1ccc(C(=O)N2CCC[C@@H](COc3cccc(C)c3)C2)cc1=O. The van der Waals surface area contributed by atoms with Gasteiger partial charge in [-0.05, 0) is 50.5 Å². The van der Waals surface area contributed by atoms with Crippen LogP contribution in [0, 0.1) is 12.8 Å². The zero-order valence-electron chi connectivity index (χ0n) is 15.5. The van der Waals surface area contributed by atoms with E-state index >= 15 is 0 Å². The van der Waals surface area contributed by atoms with E-state index in [2.05, 4.69) is 0 Å². The number of aromatic nitrogens is 1. The van der Waals surface area contributed by atoms with Crippen molar-refractivity contribution in [3.8, 4) is 5.75 Å². The van der Waals surface area contributed by atoms with Gasteiger partial charge in [0.25, 0.3) is 11.5 Å². The molecule has 0 spiro atoms. The van der Waals surface area contributed by atoms with Crippen molar-refractivity contribution >= 4 is 5.91 Å². The van der Waals surface area contributed by atoms with Crippen molar-refractivity contribution in [3.05, 3.63) is 64.1 Å². The molecule has 26 heavy (non-hydrogen) atoms. The smallest absolute Gasteiger partial charge is 0.254 e. The molecule has 1 aliphatic heterocycles. The lowest BCUT2D eigenvalue weighted by Gasteiger charge is -2.32. The Morgan fingerprint density at radius 2 is 2.12 bits per heavy atom. The molecule has 1 atom stereocenters. The van der Waals surface area contributed by atoms with E-state index in [1.807, 2.05) is 43.0 Å². The number of ether oxygens (including phenoxy) is 1. The molecular formula is C21H26N2O3. The lowest BCUT2D eigenvalue weighted by Crippen LogP contribution is -2.42. The van der Waals surface area contributed by atoms with Crippen molar-refractivity contribution in [1.82, 2.24) is 9.47 Å². The van der Waals surface area contributed by atoms with Crippen LogP contribution in [0.1, 0.15) is 35.7 Å². The molecular weight excluding hydrogens is 328 g/mol. The summed E-state index contributed by atoms with van der Waals surface area (Å²) in [4.78, 5) is 26.6. The Hall–Kier alpha value is -2.56. The number of likely N-dealkylation sites (tertiary alicyclic amines) is 1. The monoisotopic (exact) mass is 354 g/mol. The summed E-state index contributed by atoms with van der Waals surface area (Å²) in [5.74, 6) is 1.12. The maximum absolute atomic E-state index is 12.8. The minimum atomic E-state index is -0.130. The number of benzene rings is 1. The van der Waals surface area contributed by atoms with Gasteiger partial charge in [0.15, 0.2) is 0 Å². The number of carbonyl (C=O) groups excluding carboxylic acids is 1. The zero-order chi connectivity index (χ0) is 18.5. The molecule has 5 heteroatoms. The fourth-order valence-corrected chi connectivity index (χ4v) is 3.39. The summed E-state index contributed by atoms with van der Waals surface area (Å²) in [6, 6.07) is 11.2.